The van der Waals surface area contributed by atoms with Gasteiger partial charge in [0.05, 0.1) is 15.6 Å². The van der Waals surface area contributed by atoms with Gasteiger partial charge < -0.3 is 10.2 Å². The van der Waals surface area contributed by atoms with Gasteiger partial charge in [-0.15, -0.1) is 0 Å². The molecule has 0 aliphatic carbocycles. The first-order valence-corrected chi connectivity index (χ1v) is 13.9. The van der Waals surface area contributed by atoms with Crippen LogP contribution < -0.4 is 9.62 Å². The van der Waals surface area contributed by atoms with Crippen molar-refractivity contribution in [3.63, 3.8) is 0 Å². The van der Waals surface area contributed by atoms with E-state index in [2.05, 4.69) is 5.32 Å². The highest BCUT2D eigenvalue weighted by atomic mass is 35.5. The third-order valence-electron chi connectivity index (χ3n) is 6.02. The van der Waals surface area contributed by atoms with Crippen molar-refractivity contribution in [2.45, 2.75) is 37.8 Å². The Morgan fingerprint density at radius 3 is 2.24 bits per heavy atom. The first kappa shape index (κ1) is 28.5. The second-order valence-electron chi connectivity index (χ2n) is 8.41. The number of aryl methyl sites for hydroxylation is 1. The van der Waals surface area contributed by atoms with Gasteiger partial charge in [-0.3, -0.25) is 13.9 Å². The number of amides is 2. The highest BCUT2D eigenvalue weighted by molar-refractivity contribution is 7.92. The lowest BCUT2D eigenvalue weighted by Gasteiger charge is -2.33. The lowest BCUT2D eigenvalue weighted by atomic mass is 10.1. The Bertz CT molecular complexity index is 1370. The average molecular weight is 563 g/mol. The fraction of sp³-hybridized carbons (Fsp3) is 0.259. The van der Waals surface area contributed by atoms with E-state index in [4.69, 9.17) is 23.2 Å². The quantitative estimate of drug-likeness (QED) is 0.375. The number of anilines is 1. The molecule has 0 radical (unpaired) electrons. The first-order chi connectivity index (χ1) is 17.6. The Balaban J connectivity index is 2.11. The Morgan fingerprint density at radius 1 is 0.973 bits per heavy atom. The monoisotopic (exact) mass is 561 g/mol. The SMILES string of the molecule is CC[C@H](C(=O)NC)N(Cc1ccccc1C)C(=O)CN(c1cc(Cl)ccc1Cl)S(=O)(=O)c1ccccc1. The van der Waals surface area contributed by atoms with E-state index >= 15 is 0 Å². The molecular formula is C27H29Cl2N3O4S. The molecule has 1 N–H and O–H groups in total. The highest BCUT2D eigenvalue weighted by Gasteiger charge is 2.34. The minimum Gasteiger partial charge on any atom is -0.357 e. The molecule has 196 valence electrons. The third kappa shape index (κ3) is 6.63. The van der Waals surface area contributed by atoms with E-state index in [1.807, 2.05) is 31.2 Å². The van der Waals surface area contributed by atoms with Gasteiger partial charge in [-0.1, -0.05) is 72.6 Å². The number of hydrogen-bond donors (Lipinski definition) is 1. The number of carbonyl (C=O) groups is 2. The van der Waals surface area contributed by atoms with Gasteiger partial charge in [0.25, 0.3) is 10.0 Å². The smallest absolute Gasteiger partial charge is 0.264 e. The van der Waals surface area contributed by atoms with Crippen LogP contribution in [0.5, 0.6) is 0 Å². The molecule has 0 aromatic heterocycles. The molecule has 0 fully saturated rings. The summed E-state index contributed by atoms with van der Waals surface area (Å²) in [6.07, 6.45) is 0.334. The van der Waals surface area contributed by atoms with Crippen LogP contribution in [0.4, 0.5) is 5.69 Å². The maximum Gasteiger partial charge on any atom is 0.264 e. The summed E-state index contributed by atoms with van der Waals surface area (Å²) in [7, 11) is -2.72. The molecule has 37 heavy (non-hydrogen) atoms. The number of nitrogens with zero attached hydrogens (tertiary/aromatic N) is 2. The van der Waals surface area contributed by atoms with Crippen LogP contribution in [0, 0.1) is 6.92 Å². The van der Waals surface area contributed by atoms with E-state index in [0.717, 1.165) is 15.4 Å². The van der Waals surface area contributed by atoms with E-state index in [1.54, 1.807) is 25.1 Å². The minimum absolute atomic E-state index is 0.0114. The summed E-state index contributed by atoms with van der Waals surface area (Å²) in [4.78, 5) is 28.1. The second kappa shape index (κ2) is 12.4. The van der Waals surface area contributed by atoms with Crippen molar-refractivity contribution in [2.75, 3.05) is 17.9 Å². The van der Waals surface area contributed by atoms with Crippen LogP contribution in [0.25, 0.3) is 0 Å². The standard InChI is InChI=1S/C27H29Cl2N3O4S/c1-4-24(27(34)30-3)31(17-20-11-9-8-10-19(20)2)26(33)18-32(25-16-21(28)14-15-23(25)29)37(35,36)22-12-6-5-7-13-22/h5-16,24H,4,17-18H2,1-3H3,(H,30,34)/t24-/m1/s1. The summed E-state index contributed by atoms with van der Waals surface area (Å²) in [6.45, 7) is 3.25. The number of likely N-dealkylation sites (N-methyl/N-ethyl adjacent to an activating group) is 1. The zero-order valence-corrected chi connectivity index (χ0v) is 23.1. The molecule has 0 aliphatic rings. The topological polar surface area (TPSA) is 86.8 Å². The molecule has 0 heterocycles. The molecule has 1 atom stereocenters. The number of sulfonamides is 1. The predicted octanol–water partition coefficient (Wildman–Crippen LogP) is 5.05. The van der Waals surface area contributed by atoms with Crippen LogP contribution in [-0.2, 0) is 26.2 Å². The molecule has 3 aromatic rings. The van der Waals surface area contributed by atoms with Gasteiger partial charge in [-0.25, -0.2) is 8.42 Å². The van der Waals surface area contributed by atoms with Gasteiger partial charge in [0.1, 0.15) is 12.6 Å². The summed E-state index contributed by atoms with van der Waals surface area (Å²) in [5, 5.41) is 2.98. The Kier molecular flexibility index (Phi) is 9.59. The molecule has 10 heteroatoms. The van der Waals surface area contributed by atoms with Crippen LogP contribution in [0.15, 0.2) is 77.7 Å². The molecule has 0 unspecified atom stereocenters. The van der Waals surface area contributed by atoms with E-state index < -0.39 is 28.5 Å². The maximum atomic E-state index is 13.9. The van der Waals surface area contributed by atoms with Crippen molar-refractivity contribution in [3.8, 4) is 0 Å². The number of benzene rings is 3. The van der Waals surface area contributed by atoms with E-state index in [1.165, 1.54) is 42.3 Å². The van der Waals surface area contributed by atoms with Crippen LogP contribution >= 0.6 is 23.2 Å². The molecule has 3 rings (SSSR count). The third-order valence-corrected chi connectivity index (χ3v) is 8.35. The number of halogens is 2. The predicted molar refractivity (Wildman–Crippen MR) is 147 cm³/mol. The second-order valence-corrected chi connectivity index (χ2v) is 11.1. The molecule has 2 amide bonds. The Morgan fingerprint density at radius 2 is 1.62 bits per heavy atom. The van der Waals surface area contributed by atoms with E-state index in [-0.39, 0.29) is 33.1 Å². The first-order valence-electron chi connectivity index (χ1n) is 11.7. The van der Waals surface area contributed by atoms with Crippen molar-refractivity contribution in [3.05, 3.63) is 94.0 Å². The van der Waals surface area contributed by atoms with Crippen molar-refractivity contribution >= 4 is 50.7 Å². The van der Waals surface area contributed by atoms with E-state index in [9.17, 15) is 18.0 Å². The molecule has 0 aliphatic heterocycles. The minimum atomic E-state index is -4.22. The average Bonchev–Trinajstić information content (AvgIpc) is 2.89. The zero-order chi connectivity index (χ0) is 27.2. The fourth-order valence-electron chi connectivity index (χ4n) is 3.97. The van der Waals surface area contributed by atoms with Crippen LogP contribution in [0.3, 0.4) is 0 Å². The van der Waals surface area contributed by atoms with Gasteiger partial charge in [0.15, 0.2) is 0 Å². The largest absolute Gasteiger partial charge is 0.357 e. The molecule has 0 spiro atoms. The summed E-state index contributed by atoms with van der Waals surface area (Å²) in [5.74, 6) is -0.906. The molecule has 7 nitrogen and oxygen atoms in total. The maximum absolute atomic E-state index is 13.9. The van der Waals surface area contributed by atoms with Gasteiger partial charge in [-0.2, -0.15) is 0 Å². The van der Waals surface area contributed by atoms with Crippen molar-refractivity contribution < 1.29 is 18.0 Å². The lowest BCUT2D eigenvalue weighted by molar-refractivity contribution is -0.140. The van der Waals surface area contributed by atoms with Crippen LogP contribution in [-0.4, -0.2) is 44.8 Å². The number of nitrogens with one attached hydrogen (secondary N) is 1. The summed E-state index contributed by atoms with van der Waals surface area (Å²) in [6, 6.07) is 18.9. The van der Waals surface area contributed by atoms with Gasteiger partial charge in [-0.05, 0) is 54.8 Å². The van der Waals surface area contributed by atoms with Crippen LogP contribution in [0.2, 0.25) is 10.0 Å². The van der Waals surface area contributed by atoms with E-state index in [0.29, 0.717) is 6.42 Å². The number of carbonyl (C=O) groups excluding carboxylic acids is 2. The molecular weight excluding hydrogens is 533 g/mol. The van der Waals surface area contributed by atoms with Crippen molar-refractivity contribution in [1.29, 1.82) is 0 Å². The van der Waals surface area contributed by atoms with Crippen LogP contribution in [0.1, 0.15) is 24.5 Å². The molecule has 0 saturated heterocycles. The normalized spacial score (nSPS) is 12.0. The van der Waals surface area contributed by atoms with Gasteiger partial charge in [0.2, 0.25) is 11.8 Å². The van der Waals surface area contributed by atoms with Crippen molar-refractivity contribution in [1.82, 2.24) is 10.2 Å². The molecule has 3 aromatic carbocycles. The van der Waals surface area contributed by atoms with Crippen molar-refractivity contribution in [2.24, 2.45) is 0 Å². The zero-order valence-electron chi connectivity index (χ0n) is 20.8. The van der Waals surface area contributed by atoms with Gasteiger partial charge >= 0.3 is 0 Å². The van der Waals surface area contributed by atoms with Gasteiger partial charge in [0, 0.05) is 18.6 Å². The molecule has 0 saturated carbocycles. The number of hydrogen-bond acceptors (Lipinski definition) is 4. The Labute approximate surface area is 228 Å². The summed E-state index contributed by atoms with van der Waals surface area (Å²) >= 11 is 12.6. The summed E-state index contributed by atoms with van der Waals surface area (Å²) < 4.78 is 28.5. The molecule has 0 bridgehead atoms. The fourth-order valence-corrected chi connectivity index (χ4v) is 5.85. The highest BCUT2D eigenvalue weighted by Crippen LogP contribution is 2.33. The number of rotatable bonds is 10. The summed E-state index contributed by atoms with van der Waals surface area (Å²) in [5.41, 5.74) is 1.85. The Hall–Kier alpha value is -3.07. The lowest BCUT2D eigenvalue weighted by Crippen LogP contribution is -2.51.